The number of terminal acetylenes is 1. The van der Waals surface area contributed by atoms with Crippen molar-refractivity contribution in [3.8, 4) is 12.3 Å². The van der Waals surface area contributed by atoms with Gasteiger partial charge in [0.1, 0.15) is 0 Å². The van der Waals surface area contributed by atoms with E-state index in [4.69, 9.17) is 6.42 Å². The van der Waals surface area contributed by atoms with E-state index in [1.165, 1.54) is 23.8 Å². The third-order valence-corrected chi connectivity index (χ3v) is 4.31. The summed E-state index contributed by atoms with van der Waals surface area (Å²) in [5.74, 6) is 2.53. The zero-order valence-corrected chi connectivity index (χ0v) is 13.5. The number of rotatable bonds is 4. The molecule has 1 atom stereocenters. The van der Waals surface area contributed by atoms with Crippen LogP contribution in [-0.4, -0.2) is 22.4 Å². The summed E-state index contributed by atoms with van der Waals surface area (Å²) in [6, 6.07) is 13.4. The van der Waals surface area contributed by atoms with Crippen molar-refractivity contribution in [1.29, 1.82) is 0 Å². The number of nitro groups is 1. The van der Waals surface area contributed by atoms with Crippen molar-refractivity contribution in [1.82, 2.24) is 4.90 Å². The van der Waals surface area contributed by atoms with Crippen molar-refractivity contribution in [2.45, 2.75) is 18.9 Å². The first-order valence-electron chi connectivity index (χ1n) is 7.93. The maximum atomic E-state index is 12.7. The van der Waals surface area contributed by atoms with Crippen LogP contribution in [0.4, 0.5) is 16.2 Å². The fraction of sp³-hybridized carbons (Fsp3) is 0.211. The molecule has 0 heterocycles. The fourth-order valence-electron chi connectivity index (χ4n) is 3.17. The molecule has 2 aromatic rings. The first-order valence-corrected chi connectivity index (χ1v) is 7.93. The summed E-state index contributed by atoms with van der Waals surface area (Å²) >= 11 is 0. The molecule has 0 saturated carbocycles. The molecule has 1 N–H and O–H groups in total. The number of nitrogens with zero attached hydrogens (tertiary/aromatic N) is 2. The third kappa shape index (κ3) is 3.45. The lowest BCUT2D eigenvalue weighted by Gasteiger charge is -2.28. The summed E-state index contributed by atoms with van der Waals surface area (Å²) in [4.78, 5) is 24.7. The lowest BCUT2D eigenvalue weighted by Crippen LogP contribution is -2.37. The Kier molecular flexibility index (Phi) is 4.66. The normalized spacial score (nSPS) is 15.1. The number of benzene rings is 2. The van der Waals surface area contributed by atoms with E-state index in [9.17, 15) is 14.9 Å². The number of hydrogen-bond acceptors (Lipinski definition) is 3. The van der Waals surface area contributed by atoms with Gasteiger partial charge in [-0.2, -0.15) is 0 Å². The number of fused-ring (bicyclic) bond motifs is 1. The summed E-state index contributed by atoms with van der Waals surface area (Å²) in [6.07, 6.45) is 7.15. The Morgan fingerprint density at radius 3 is 2.88 bits per heavy atom. The molecule has 1 aliphatic carbocycles. The lowest BCUT2D eigenvalue weighted by atomic mass is 10.1. The predicted molar refractivity (Wildman–Crippen MR) is 95.2 cm³/mol. The maximum Gasteiger partial charge on any atom is 0.323 e. The molecule has 3 rings (SSSR count). The molecular weight excluding hydrogens is 318 g/mol. The standard InChI is InChI=1S/C19H17N3O3/c1-2-12-21(18-11-10-14-6-3-4-9-17(14)18)19(23)20-15-7-5-8-16(13-15)22(24)25/h1,3-9,13,18H,10-12H2,(H,20,23). The maximum absolute atomic E-state index is 12.7. The minimum atomic E-state index is -0.498. The lowest BCUT2D eigenvalue weighted by molar-refractivity contribution is -0.384. The molecule has 6 heteroatoms. The monoisotopic (exact) mass is 335 g/mol. The van der Waals surface area contributed by atoms with Crippen LogP contribution < -0.4 is 5.32 Å². The second kappa shape index (κ2) is 7.05. The SMILES string of the molecule is C#CCN(C(=O)Nc1cccc([N+](=O)[O-])c1)C1CCc2ccccc21. The molecule has 6 nitrogen and oxygen atoms in total. The largest absolute Gasteiger partial charge is 0.323 e. The van der Waals surface area contributed by atoms with Gasteiger partial charge in [0.2, 0.25) is 0 Å². The van der Waals surface area contributed by atoms with Crippen molar-refractivity contribution in [2.75, 3.05) is 11.9 Å². The Morgan fingerprint density at radius 2 is 2.12 bits per heavy atom. The van der Waals surface area contributed by atoms with Crippen molar-refractivity contribution in [3.05, 3.63) is 69.8 Å². The van der Waals surface area contributed by atoms with Gasteiger partial charge in [0.05, 0.1) is 17.5 Å². The van der Waals surface area contributed by atoms with E-state index in [0.29, 0.717) is 5.69 Å². The van der Waals surface area contributed by atoms with Gasteiger partial charge in [-0.3, -0.25) is 10.1 Å². The molecule has 0 fully saturated rings. The molecule has 0 spiro atoms. The summed E-state index contributed by atoms with van der Waals surface area (Å²) in [7, 11) is 0. The first-order chi connectivity index (χ1) is 12.1. The van der Waals surface area contributed by atoms with Crippen molar-refractivity contribution < 1.29 is 9.72 Å². The molecule has 126 valence electrons. The average molecular weight is 335 g/mol. The Labute approximate surface area is 145 Å². The highest BCUT2D eigenvalue weighted by Crippen LogP contribution is 2.35. The van der Waals surface area contributed by atoms with Gasteiger partial charge < -0.3 is 10.2 Å². The molecule has 1 aliphatic rings. The van der Waals surface area contributed by atoms with Gasteiger partial charge in [-0.25, -0.2) is 4.79 Å². The van der Waals surface area contributed by atoms with E-state index < -0.39 is 4.92 Å². The van der Waals surface area contributed by atoms with E-state index in [0.717, 1.165) is 18.4 Å². The van der Waals surface area contributed by atoms with Crippen LogP contribution in [0.15, 0.2) is 48.5 Å². The zero-order chi connectivity index (χ0) is 17.8. The molecule has 1 unspecified atom stereocenters. The molecule has 0 aromatic heterocycles. The molecule has 2 aromatic carbocycles. The minimum Gasteiger partial charge on any atom is -0.308 e. The van der Waals surface area contributed by atoms with Crippen molar-refractivity contribution in [2.24, 2.45) is 0 Å². The highest BCUT2D eigenvalue weighted by molar-refractivity contribution is 5.90. The highest BCUT2D eigenvalue weighted by atomic mass is 16.6. The first kappa shape index (κ1) is 16.5. The van der Waals surface area contributed by atoms with Crippen LogP contribution in [-0.2, 0) is 6.42 Å². The Balaban J connectivity index is 1.82. The summed E-state index contributed by atoms with van der Waals surface area (Å²) in [5, 5.41) is 13.6. The predicted octanol–water partition coefficient (Wildman–Crippen LogP) is 3.75. The van der Waals surface area contributed by atoms with Crippen LogP contribution in [0.3, 0.4) is 0 Å². The second-order valence-corrected chi connectivity index (χ2v) is 5.82. The number of carbonyl (C=O) groups excluding carboxylic acids is 1. The number of nitro benzene ring substituents is 1. The second-order valence-electron chi connectivity index (χ2n) is 5.82. The minimum absolute atomic E-state index is 0.0764. The van der Waals surface area contributed by atoms with Gasteiger partial charge in [0, 0.05) is 17.8 Å². The number of nitrogens with one attached hydrogen (secondary N) is 1. The summed E-state index contributed by atoms with van der Waals surface area (Å²) < 4.78 is 0. The zero-order valence-electron chi connectivity index (χ0n) is 13.5. The Hall–Kier alpha value is -3.33. The molecule has 0 aliphatic heterocycles. The molecule has 2 amide bonds. The van der Waals surface area contributed by atoms with Gasteiger partial charge in [-0.15, -0.1) is 6.42 Å². The van der Waals surface area contributed by atoms with Crippen LogP contribution in [0.1, 0.15) is 23.6 Å². The van der Waals surface area contributed by atoms with Crippen LogP contribution in [0.2, 0.25) is 0 Å². The van der Waals surface area contributed by atoms with Crippen LogP contribution in [0, 0.1) is 22.5 Å². The molecule has 0 bridgehead atoms. The third-order valence-electron chi connectivity index (χ3n) is 4.31. The van der Waals surface area contributed by atoms with Crippen LogP contribution >= 0.6 is 0 Å². The van der Waals surface area contributed by atoms with Crippen molar-refractivity contribution >= 4 is 17.4 Å². The van der Waals surface area contributed by atoms with Gasteiger partial charge in [0.25, 0.3) is 5.69 Å². The number of amides is 2. The van der Waals surface area contributed by atoms with Gasteiger partial charge in [-0.1, -0.05) is 36.3 Å². The summed E-state index contributed by atoms with van der Waals surface area (Å²) in [5.41, 5.74) is 2.62. The number of carbonyl (C=O) groups is 1. The van der Waals surface area contributed by atoms with E-state index in [2.05, 4.69) is 17.3 Å². The van der Waals surface area contributed by atoms with Crippen molar-refractivity contribution in [3.63, 3.8) is 0 Å². The highest BCUT2D eigenvalue weighted by Gasteiger charge is 2.30. The fourth-order valence-corrected chi connectivity index (χ4v) is 3.17. The van der Waals surface area contributed by atoms with Crippen LogP contribution in [0.5, 0.6) is 0 Å². The van der Waals surface area contributed by atoms with Gasteiger partial charge in [-0.05, 0) is 30.0 Å². The van der Waals surface area contributed by atoms with E-state index in [1.807, 2.05) is 18.2 Å². The average Bonchev–Trinajstić information content (AvgIpc) is 3.03. The number of non-ortho nitro benzene ring substituents is 1. The molecular formula is C19H17N3O3. The van der Waals surface area contributed by atoms with E-state index in [-0.39, 0.29) is 24.3 Å². The van der Waals surface area contributed by atoms with E-state index in [1.54, 1.807) is 11.0 Å². The summed E-state index contributed by atoms with van der Waals surface area (Å²) in [6.45, 7) is 0.166. The Morgan fingerprint density at radius 1 is 1.32 bits per heavy atom. The van der Waals surface area contributed by atoms with E-state index >= 15 is 0 Å². The smallest absolute Gasteiger partial charge is 0.308 e. The van der Waals surface area contributed by atoms with Gasteiger partial charge >= 0.3 is 6.03 Å². The number of urea groups is 1. The Bertz CT molecular complexity index is 857. The quantitative estimate of drug-likeness (QED) is 0.525. The topological polar surface area (TPSA) is 75.5 Å². The number of aryl methyl sites for hydroxylation is 1. The molecule has 0 radical (unpaired) electrons. The number of anilines is 1. The van der Waals surface area contributed by atoms with Crippen LogP contribution in [0.25, 0.3) is 0 Å². The molecule has 0 saturated heterocycles. The molecule has 25 heavy (non-hydrogen) atoms. The van der Waals surface area contributed by atoms with Gasteiger partial charge in [0.15, 0.2) is 0 Å². The number of hydrogen-bond donors (Lipinski definition) is 1.